The molecule has 4 nitrogen and oxygen atoms in total. The lowest BCUT2D eigenvalue weighted by Crippen LogP contribution is -2.06. The molecule has 0 radical (unpaired) electrons. The zero-order valence-corrected chi connectivity index (χ0v) is 11.9. The van der Waals surface area contributed by atoms with Crippen LogP contribution in [0.25, 0.3) is 0 Å². The second kappa shape index (κ2) is 6.52. The fourth-order valence-corrected chi connectivity index (χ4v) is 2.53. The number of hydrogen-bond acceptors (Lipinski definition) is 3. The fourth-order valence-electron chi connectivity index (χ4n) is 1.96. The highest BCUT2D eigenvalue weighted by atomic mass is 79.9. The molecule has 0 spiro atoms. The van der Waals surface area contributed by atoms with Gasteiger partial charge in [-0.2, -0.15) is 0 Å². The number of nitro benzene ring substituents is 1. The van der Waals surface area contributed by atoms with Crippen molar-refractivity contribution in [2.45, 2.75) is 24.1 Å². The molecule has 0 aliphatic carbocycles. The third kappa shape index (κ3) is 3.92. The summed E-state index contributed by atoms with van der Waals surface area (Å²) in [5.41, 5.74) is 0.943. The van der Waals surface area contributed by atoms with Crippen molar-refractivity contribution in [2.24, 2.45) is 0 Å². The molecule has 0 fully saturated rings. The molecule has 100 valence electrons. The van der Waals surface area contributed by atoms with Crippen LogP contribution in [0.2, 0.25) is 0 Å². The first-order chi connectivity index (χ1) is 9.16. The highest BCUT2D eigenvalue weighted by Gasteiger charge is 2.16. The van der Waals surface area contributed by atoms with Crippen molar-refractivity contribution < 1.29 is 9.34 Å². The van der Waals surface area contributed by atoms with Crippen molar-refractivity contribution in [1.82, 2.24) is 0 Å². The van der Waals surface area contributed by atoms with Crippen molar-refractivity contribution in [1.29, 1.82) is 0 Å². The molecule has 0 aliphatic rings. The van der Waals surface area contributed by atoms with Gasteiger partial charge in [0.15, 0.2) is 0 Å². The van der Waals surface area contributed by atoms with E-state index in [2.05, 4.69) is 15.9 Å². The van der Waals surface area contributed by atoms with Gasteiger partial charge in [-0.3, -0.25) is 10.1 Å². The van der Waals surface area contributed by atoms with Gasteiger partial charge < -0.3 is 4.42 Å². The van der Waals surface area contributed by atoms with Crippen molar-refractivity contribution in [3.8, 4) is 0 Å². The van der Waals surface area contributed by atoms with E-state index in [4.69, 9.17) is 4.42 Å². The Morgan fingerprint density at radius 3 is 2.74 bits per heavy atom. The van der Waals surface area contributed by atoms with Crippen LogP contribution < -0.4 is 0 Å². The van der Waals surface area contributed by atoms with Crippen molar-refractivity contribution >= 4 is 21.6 Å². The van der Waals surface area contributed by atoms with E-state index in [1.165, 1.54) is 0 Å². The predicted molar refractivity (Wildman–Crippen MR) is 76.5 cm³/mol. The standard InChI is InChI=1S/C14H14BrNO3/c15-12(7-8-13-5-3-9-19-13)10-11-4-1-2-6-14(11)16(17)18/h1-6,9,12H,7-8,10H2. The van der Waals surface area contributed by atoms with Gasteiger partial charge in [-0.15, -0.1) is 0 Å². The summed E-state index contributed by atoms with van der Waals surface area (Å²) >= 11 is 3.58. The van der Waals surface area contributed by atoms with Crippen LogP contribution in [0.15, 0.2) is 47.1 Å². The lowest BCUT2D eigenvalue weighted by molar-refractivity contribution is -0.385. The van der Waals surface area contributed by atoms with Crippen LogP contribution in [-0.4, -0.2) is 9.75 Å². The van der Waals surface area contributed by atoms with E-state index in [1.54, 1.807) is 24.5 Å². The van der Waals surface area contributed by atoms with Crippen molar-refractivity contribution in [3.63, 3.8) is 0 Å². The van der Waals surface area contributed by atoms with Gasteiger partial charge in [0.25, 0.3) is 5.69 Å². The minimum Gasteiger partial charge on any atom is -0.469 e. The largest absolute Gasteiger partial charge is 0.469 e. The Labute approximate surface area is 119 Å². The highest BCUT2D eigenvalue weighted by Crippen LogP contribution is 2.23. The molecule has 0 N–H and O–H groups in total. The topological polar surface area (TPSA) is 56.3 Å². The van der Waals surface area contributed by atoms with Crippen LogP contribution in [0, 0.1) is 10.1 Å². The molecule has 1 unspecified atom stereocenters. The van der Waals surface area contributed by atoms with Crippen molar-refractivity contribution in [3.05, 3.63) is 64.1 Å². The maximum absolute atomic E-state index is 10.9. The van der Waals surface area contributed by atoms with Crippen LogP contribution >= 0.6 is 15.9 Å². The summed E-state index contributed by atoms with van der Waals surface area (Å²) in [7, 11) is 0. The van der Waals surface area contributed by atoms with Gasteiger partial charge in [-0.25, -0.2) is 0 Å². The molecule has 0 aliphatic heterocycles. The molecule has 1 aromatic carbocycles. The SMILES string of the molecule is O=[N+]([O-])c1ccccc1CC(Br)CCc1ccco1. The number of benzene rings is 1. The molecule has 1 atom stereocenters. The zero-order valence-electron chi connectivity index (χ0n) is 10.3. The highest BCUT2D eigenvalue weighted by molar-refractivity contribution is 9.09. The minimum atomic E-state index is -0.332. The first kappa shape index (κ1) is 13.8. The smallest absolute Gasteiger partial charge is 0.272 e. The zero-order chi connectivity index (χ0) is 13.7. The Hall–Kier alpha value is -1.62. The van der Waals surface area contributed by atoms with E-state index in [0.717, 1.165) is 24.2 Å². The Bertz CT molecular complexity index is 539. The summed E-state index contributed by atoms with van der Waals surface area (Å²) in [5.74, 6) is 0.937. The maximum atomic E-state index is 10.9. The second-order valence-corrected chi connectivity index (χ2v) is 5.60. The monoisotopic (exact) mass is 323 g/mol. The molecule has 0 amide bonds. The molecule has 1 heterocycles. The van der Waals surface area contributed by atoms with Gasteiger partial charge in [-0.05, 0) is 25.0 Å². The Morgan fingerprint density at radius 1 is 1.26 bits per heavy atom. The molecule has 0 bridgehead atoms. The van der Waals surface area contributed by atoms with Crippen LogP contribution in [0.4, 0.5) is 5.69 Å². The molecular formula is C14H14BrNO3. The van der Waals surface area contributed by atoms with Crippen molar-refractivity contribution in [2.75, 3.05) is 0 Å². The van der Waals surface area contributed by atoms with Crippen LogP contribution in [0.5, 0.6) is 0 Å². The maximum Gasteiger partial charge on any atom is 0.272 e. The fraction of sp³-hybridized carbons (Fsp3) is 0.286. The Morgan fingerprint density at radius 2 is 2.05 bits per heavy atom. The van der Waals surface area contributed by atoms with E-state index < -0.39 is 0 Å². The number of para-hydroxylation sites is 1. The third-order valence-corrected chi connectivity index (χ3v) is 3.70. The number of nitrogens with zero attached hydrogens (tertiary/aromatic N) is 1. The van der Waals surface area contributed by atoms with E-state index in [-0.39, 0.29) is 15.4 Å². The van der Waals surface area contributed by atoms with Crippen LogP contribution in [-0.2, 0) is 12.8 Å². The molecule has 19 heavy (non-hydrogen) atoms. The molecule has 2 rings (SSSR count). The third-order valence-electron chi connectivity index (χ3n) is 2.91. The van der Waals surface area contributed by atoms with Gasteiger partial charge in [0, 0.05) is 22.9 Å². The van der Waals surface area contributed by atoms with Crippen LogP contribution in [0.3, 0.4) is 0 Å². The Kier molecular flexibility index (Phi) is 4.74. The van der Waals surface area contributed by atoms with E-state index >= 15 is 0 Å². The molecule has 0 saturated heterocycles. The predicted octanol–water partition coefficient (Wildman–Crippen LogP) is 4.13. The number of rotatable bonds is 6. The number of furan rings is 1. The molecular weight excluding hydrogens is 310 g/mol. The number of aryl methyl sites for hydroxylation is 1. The quantitative estimate of drug-likeness (QED) is 0.456. The lowest BCUT2D eigenvalue weighted by Gasteiger charge is -2.09. The number of nitro groups is 1. The van der Waals surface area contributed by atoms with Crippen LogP contribution in [0.1, 0.15) is 17.7 Å². The minimum absolute atomic E-state index is 0.185. The molecule has 0 saturated carbocycles. The summed E-state index contributed by atoms with van der Waals surface area (Å²) in [6, 6.07) is 10.7. The normalized spacial score (nSPS) is 12.3. The number of halogens is 1. The number of alkyl halides is 1. The van der Waals surface area contributed by atoms with E-state index in [0.29, 0.717) is 6.42 Å². The summed E-state index contributed by atoms with van der Waals surface area (Å²) in [6.07, 6.45) is 3.99. The first-order valence-electron chi connectivity index (χ1n) is 6.05. The average Bonchev–Trinajstić information content (AvgIpc) is 2.90. The molecule has 2 aromatic rings. The van der Waals surface area contributed by atoms with Gasteiger partial charge >= 0.3 is 0 Å². The summed E-state index contributed by atoms with van der Waals surface area (Å²) in [6.45, 7) is 0. The van der Waals surface area contributed by atoms with Gasteiger partial charge in [0.1, 0.15) is 5.76 Å². The number of hydrogen-bond donors (Lipinski definition) is 0. The molecule has 5 heteroatoms. The first-order valence-corrected chi connectivity index (χ1v) is 6.97. The summed E-state index contributed by atoms with van der Waals surface area (Å²) in [4.78, 5) is 10.8. The average molecular weight is 324 g/mol. The Balaban J connectivity index is 1.95. The van der Waals surface area contributed by atoms with Gasteiger partial charge in [0.2, 0.25) is 0 Å². The van der Waals surface area contributed by atoms with E-state index in [1.807, 2.05) is 18.2 Å². The van der Waals surface area contributed by atoms with Gasteiger partial charge in [-0.1, -0.05) is 34.1 Å². The summed E-state index contributed by atoms with van der Waals surface area (Å²) in [5, 5.41) is 10.9. The summed E-state index contributed by atoms with van der Waals surface area (Å²) < 4.78 is 5.27. The molecule has 1 aromatic heterocycles. The lowest BCUT2D eigenvalue weighted by atomic mass is 10.0. The van der Waals surface area contributed by atoms with E-state index in [9.17, 15) is 10.1 Å². The van der Waals surface area contributed by atoms with Gasteiger partial charge in [0.05, 0.1) is 11.2 Å². The second-order valence-electron chi connectivity index (χ2n) is 4.31.